The van der Waals surface area contributed by atoms with Gasteiger partial charge in [-0.25, -0.2) is 13.2 Å². The molecule has 1 aliphatic carbocycles. The van der Waals surface area contributed by atoms with E-state index in [0.717, 1.165) is 28.8 Å². The van der Waals surface area contributed by atoms with Gasteiger partial charge >= 0.3 is 5.97 Å². The monoisotopic (exact) mass is 454 g/mol. The summed E-state index contributed by atoms with van der Waals surface area (Å²) < 4.78 is 32.7. The van der Waals surface area contributed by atoms with Gasteiger partial charge in [0.05, 0.1) is 29.7 Å². The van der Waals surface area contributed by atoms with E-state index in [1.807, 2.05) is 25.1 Å². The zero-order valence-corrected chi connectivity index (χ0v) is 18.6. The van der Waals surface area contributed by atoms with Gasteiger partial charge in [-0.3, -0.25) is 0 Å². The number of fused-ring (bicyclic) bond motifs is 3. The predicted molar refractivity (Wildman–Crippen MR) is 121 cm³/mol. The lowest BCUT2D eigenvalue weighted by Crippen LogP contribution is -2.40. The maximum absolute atomic E-state index is 13.0. The molecule has 0 amide bonds. The molecular weight excluding hydrogens is 428 g/mol. The van der Waals surface area contributed by atoms with Gasteiger partial charge < -0.3 is 15.2 Å². The van der Waals surface area contributed by atoms with Gasteiger partial charge in [0, 0.05) is 24.7 Å². The summed E-state index contributed by atoms with van der Waals surface area (Å²) in [7, 11) is -3.54. The van der Waals surface area contributed by atoms with E-state index in [2.05, 4.69) is 17.5 Å². The number of carboxylic acid groups (broad SMARTS) is 1. The highest BCUT2D eigenvalue weighted by Crippen LogP contribution is 2.51. The quantitative estimate of drug-likeness (QED) is 0.686. The molecule has 2 heterocycles. The molecule has 3 atom stereocenters. The fourth-order valence-corrected chi connectivity index (χ4v) is 6.57. The zero-order chi connectivity index (χ0) is 22.5. The van der Waals surface area contributed by atoms with E-state index in [0.29, 0.717) is 37.8 Å². The summed E-state index contributed by atoms with van der Waals surface area (Å²) in [5.74, 6) is -0.445. The fourth-order valence-electron chi connectivity index (χ4n) is 5.16. The van der Waals surface area contributed by atoms with Crippen LogP contribution < -0.4 is 5.32 Å². The van der Waals surface area contributed by atoms with Crippen molar-refractivity contribution in [2.24, 2.45) is 5.92 Å². The summed E-state index contributed by atoms with van der Waals surface area (Å²) in [6.45, 7) is 3.40. The van der Waals surface area contributed by atoms with Crippen LogP contribution in [0, 0.1) is 12.8 Å². The van der Waals surface area contributed by atoms with Crippen molar-refractivity contribution in [3.63, 3.8) is 0 Å². The van der Waals surface area contributed by atoms with E-state index in [1.165, 1.54) is 4.31 Å². The Balaban J connectivity index is 1.48. The first-order valence-corrected chi connectivity index (χ1v) is 12.3. The standard InChI is InChI=1S/C24H26N2O5S/c1-15-18(24(27)28)9-10-21-19-3-2-4-20(19)23(25-22(15)21)16-5-7-17(8-6-16)32(29,30)26-11-13-31-14-12-26/h2-3,5-10,19-20,23,25H,4,11-14H2,1H3,(H,27,28). The summed E-state index contributed by atoms with van der Waals surface area (Å²) in [6.07, 6.45) is 5.29. The average molecular weight is 455 g/mol. The molecule has 5 rings (SSSR count). The summed E-state index contributed by atoms with van der Waals surface area (Å²) in [5, 5.41) is 13.1. The molecule has 0 aromatic heterocycles. The molecule has 2 aromatic rings. The number of benzene rings is 2. The van der Waals surface area contributed by atoms with Crippen molar-refractivity contribution in [3.05, 3.63) is 70.8 Å². The van der Waals surface area contributed by atoms with E-state index in [-0.39, 0.29) is 16.9 Å². The third-order valence-corrected chi connectivity index (χ3v) is 8.79. The topological polar surface area (TPSA) is 95.9 Å². The lowest BCUT2D eigenvalue weighted by atomic mass is 9.76. The van der Waals surface area contributed by atoms with Gasteiger partial charge in [0.1, 0.15) is 0 Å². The zero-order valence-electron chi connectivity index (χ0n) is 17.8. The molecule has 0 saturated carbocycles. The first-order chi connectivity index (χ1) is 15.4. The van der Waals surface area contributed by atoms with Gasteiger partial charge in [-0.05, 0) is 54.2 Å². The second-order valence-electron chi connectivity index (χ2n) is 8.57. The van der Waals surface area contributed by atoms with E-state index in [9.17, 15) is 18.3 Å². The minimum atomic E-state index is -3.54. The number of carbonyl (C=O) groups is 1. The average Bonchev–Trinajstić information content (AvgIpc) is 3.30. The second-order valence-corrected chi connectivity index (χ2v) is 10.5. The normalized spacial score (nSPS) is 25.1. The van der Waals surface area contributed by atoms with Crippen molar-refractivity contribution in [2.45, 2.75) is 30.2 Å². The van der Waals surface area contributed by atoms with Crippen LogP contribution in [0.25, 0.3) is 0 Å². The van der Waals surface area contributed by atoms with E-state index < -0.39 is 16.0 Å². The third-order valence-electron chi connectivity index (χ3n) is 6.87. The van der Waals surface area contributed by atoms with Crippen molar-refractivity contribution in [1.29, 1.82) is 0 Å². The molecule has 1 saturated heterocycles. The van der Waals surface area contributed by atoms with Crippen LogP contribution in [0.15, 0.2) is 53.4 Å². The Morgan fingerprint density at radius 1 is 1.12 bits per heavy atom. The molecule has 1 fully saturated rings. The number of aromatic carboxylic acids is 1. The molecule has 0 radical (unpaired) electrons. The van der Waals surface area contributed by atoms with Gasteiger partial charge in [0.25, 0.3) is 0 Å². The van der Waals surface area contributed by atoms with Crippen LogP contribution in [-0.2, 0) is 14.8 Å². The lowest BCUT2D eigenvalue weighted by molar-refractivity contribution is 0.0696. The SMILES string of the molecule is Cc1c(C(=O)O)ccc2c1NC(c1ccc(S(=O)(=O)N3CCOCC3)cc1)C1CC=CC21. The van der Waals surface area contributed by atoms with Crippen molar-refractivity contribution in [3.8, 4) is 0 Å². The Labute approximate surface area is 187 Å². The number of sulfonamides is 1. The van der Waals surface area contributed by atoms with E-state index >= 15 is 0 Å². The Bertz CT molecular complexity index is 1180. The number of morpholine rings is 1. The Kier molecular flexibility index (Phi) is 5.31. The van der Waals surface area contributed by atoms with Gasteiger partial charge in [-0.2, -0.15) is 4.31 Å². The number of allylic oxidation sites excluding steroid dienone is 2. The highest BCUT2D eigenvalue weighted by atomic mass is 32.2. The molecule has 3 unspecified atom stereocenters. The molecule has 3 aliphatic rings. The molecule has 2 aliphatic heterocycles. The number of rotatable bonds is 4. The number of anilines is 1. The molecular formula is C24H26N2O5S. The largest absolute Gasteiger partial charge is 0.478 e. The first kappa shape index (κ1) is 21.2. The first-order valence-electron chi connectivity index (χ1n) is 10.9. The minimum Gasteiger partial charge on any atom is -0.478 e. The maximum atomic E-state index is 13.0. The number of nitrogens with zero attached hydrogens (tertiary/aromatic N) is 1. The van der Waals surface area contributed by atoms with Crippen LogP contribution in [-0.4, -0.2) is 50.1 Å². The molecule has 2 N–H and O–H groups in total. The number of carboxylic acids is 1. The molecule has 32 heavy (non-hydrogen) atoms. The van der Waals surface area contributed by atoms with Crippen molar-refractivity contribution in [1.82, 2.24) is 4.31 Å². The Hall–Kier alpha value is -2.68. The lowest BCUT2D eigenvalue weighted by Gasteiger charge is -2.38. The van der Waals surface area contributed by atoms with E-state index in [1.54, 1.807) is 18.2 Å². The van der Waals surface area contributed by atoms with Gasteiger partial charge in [0.15, 0.2) is 0 Å². The summed E-state index contributed by atoms with van der Waals surface area (Å²) >= 11 is 0. The van der Waals surface area contributed by atoms with Crippen LogP contribution in [0.4, 0.5) is 5.69 Å². The van der Waals surface area contributed by atoms with Crippen molar-refractivity contribution in [2.75, 3.05) is 31.6 Å². The molecule has 8 heteroatoms. The number of hydrogen-bond acceptors (Lipinski definition) is 5. The van der Waals surface area contributed by atoms with Crippen LogP contribution >= 0.6 is 0 Å². The van der Waals surface area contributed by atoms with Gasteiger partial charge in [-0.15, -0.1) is 0 Å². The Morgan fingerprint density at radius 3 is 2.53 bits per heavy atom. The second kappa shape index (κ2) is 8.03. The Morgan fingerprint density at radius 2 is 1.84 bits per heavy atom. The van der Waals surface area contributed by atoms with Gasteiger partial charge in [-0.1, -0.05) is 30.4 Å². The summed E-state index contributed by atoms with van der Waals surface area (Å²) in [6, 6.07) is 10.7. The molecule has 7 nitrogen and oxygen atoms in total. The van der Waals surface area contributed by atoms with Crippen molar-refractivity contribution >= 4 is 21.7 Å². The maximum Gasteiger partial charge on any atom is 0.336 e. The van der Waals surface area contributed by atoms with E-state index in [4.69, 9.17) is 4.74 Å². The fraction of sp³-hybridized carbons (Fsp3) is 0.375. The predicted octanol–water partition coefficient (Wildman–Crippen LogP) is 3.54. The highest BCUT2D eigenvalue weighted by Gasteiger charge is 2.39. The summed E-state index contributed by atoms with van der Waals surface area (Å²) in [5.41, 5.74) is 4.00. The van der Waals surface area contributed by atoms with Crippen LogP contribution in [0.1, 0.15) is 45.4 Å². The minimum absolute atomic E-state index is 0.0367. The highest BCUT2D eigenvalue weighted by molar-refractivity contribution is 7.89. The van der Waals surface area contributed by atoms with Gasteiger partial charge in [0.2, 0.25) is 10.0 Å². The van der Waals surface area contributed by atoms with Crippen LogP contribution in [0.2, 0.25) is 0 Å². The van der Waals surface area contributed by atoms with Crippen LogP contribution in [0.5, 0.6) is 0 Å². The molecule has 0 spiro atoms. The van der Waals surface area contributed by atoms with Crippen LogP contribution in [0.3, 0.4) is 0 Å². The van der Waals surface area contributed by atoms with Crippen molar-refractivity contribution < 1.29 is 23.1 Å². The number of hydrogen-bond donors (Lipinski definition) is 2. The smallest absolute Gasteiger partial charge is 0.336 e. The summed E-state index contributed by atoms with van der Waals surface area (Å²) in [4.78, 5) is 11.9. The number of ether oxygens (including phenoxy) is 1. The molecule has 0 bridgehead atoms. The third kappa shape index (κ3) is 3.43. The number of nitrogens with one attached hydrogen (secondary N) is 1. The molecule has 2 aromatic carbocycles. The molecule has 168 valence electrons.